The van der Waals surface area contributed by atoms with E-state index < -0.39 is 0 Å². The van der Waals surface area contributed by atoms with Crippen molar-refractivity contribution in [1.29, 1.82) is 0 Å². The van der Waals surface area contributed by atoms with Crippen LogP contribution in [0.5, 0.6) is 0 Å². The number of hydrogen-bond donors (Lipinski definition) is 3. The van der Waals surface area contributed by atoms with Gasteiger partial charge in [-0.3, -0.25) is 15.6 Å². The van der Waals surface area contributed by atoms with Crippen molar-refractivity contribution in [3.05, 3.63) is 57.3 Å². The number of hydrazine groups is 1. The minimum atomic E-state index is -0.120. The molecular weight excluding hydrogens is 374 g/mol. The summed E-state index contributed by atoms with van der Waals surface area (Å²) in [5.41, 5.74) is 8.96. The number of hydrogen-bond acceptors (Lipinski definition) is 3. The van der Waals surface area contributed by atoms with Crippen LogP contribution in [0.4, 0.5) is 0 Å². The van der Waals surface area contributed by atoms with E-state index in [4.69, 9.17) is 12.2 Å². The predicted molar refractivity (Wildman–Crippen MR) is 116 cm³/mol. The molecule has 144 valence electrons. The van der Waals surface area contributed by atoms with Crippen LogP contribution in [0.1, 0.15) is 53.6 Å². The zero-order chi connectivity index (χ0) is 19.4. The Balaban J connectivity index is 1.52. The highest BCUT2D eigenvalue weighted by molar-refractivity contribution is 7.80. The highest BCUT2D eigenvalue weighted by Gasteiger charge is 2.31. The highest BCUT2D eigenvalue weighted by atomic mass is 32.1. The highest BCUT2D eigenvalue weighted by Crippen LogP contribution is 2.40. The van der Waals surface area contributed by atoms with Gasteiger partial charge < -0.3 is 5.32 Å². The maximum absolute atomic E-state index is 12.6. The van der Waals surface area contributed by atoms with Gasteiger partial charge in [0.05, 0.1) is 5.56 Å². The van der Waals surface area contributed by atoms with Crippen LogP contribution in [0.25, 0.3) is 0 Å². The van der Waals surface area contributed by atoms with Crippen molar-refractivity contribution in [2.24, 2.45) is 11.3 Å². The summed E-state index contributed by atoms with van der Waals surface area (Å²) in [6.45, 7) is 7.52. The van der Waals surface area contributed by atoms with Crippen LogP contribution < -0.4 is 16.2 Å². The fourth-order valence-electron chi connectivity index (χ4n) is 3.45. The van der Waals surface area contributed by atoms with Crippen LogP contribution in [0.15, 0.2) is 35.7 Å². The maximum Gasteiger partial charge on any atom is 0.270 e. The largest absolute Gasteiger partial charge is 0.357 e. The second kappa shape index (κ2) is 8.40. The lowest BCUT2D eigenvalue weighted by molar-refractivity contribution is 0.0942. The average Bonchev–Trinajstić information content (AvgIpc) is 3.08. The summed E-state index contributed by atoms with van der Waals surface area (Å²) in [6.07, 6.45) is 3.18. The van der Waals surface area contributed by atoms with Crippen LogP contribution in [0.2, 0.25) is 0 Å². The molecule has 1 aliphatic carbocycles. The first-order valence-corrected chi connectivity index (χ1v) is 10.6. The van der Waals surface area contributed by atoms with E-state index in [0.717, 1.165) is 30.4 Å². The lowest BCUT2D eigenvalue weighted by Gasteiger charge is -2.34. The Morgan fingerprint density at radius 2 is 1.96 bits per heavy atom. The van der Waals surface area contributed by atoms with Gasteiger partial charge in [0.15, 0.2) is 5.11 Å². The Bertz CT molecular complexity index is 809. The standard InChI is InChI=1S/C21H27N3OS2/c1-21(2,3)15-9-10-16-17(13-27-18(16)11-15)19(25)23-24-20(26)22-12-14-7-5-4-6-8-14/h4-8,13,15H,9-12H2,1-3H3,(H,23,25)(H2,22,24,26)/t15-/m0/s1. The van der Waals surface area contributed by atoms with Crippen LogP contribution in [-0.4, -0.2) is 11.0 Å². The fraction of sp³-hybridized carbons (Fsp3) is 0.429. The lowest BCUT2D eigenvalue weighted by atomic mass is 9.72. The Morgan fingerprint density at radius 3 is 2.67 bits per heavy atom. The molecule has 1 atom stereocenters. The quantitative estimate of drug-likeness (QED) is 0.533. The molecule has 0 saturated carbocycles. The molecule has 0 spiro atoms. The van der Waals surface area contributed by atoms with Crippen molar-refractivity contribution < 1.29 is 4.79 Å². The number of fused-ring (bicyclic) bond motifs is 1. The number of carbonyl (C=O) groups excluding carboxylic acids is 1. The number of benzene rings is 1. The van der Waals surface area contributed by atoms with Gasteiger partial charge in [-0.15, -0.1) is 11.3 Å². The Kier molecular flexibility index (Phi) is 6.17. The molecule has 27 heavy (non-hydrogen) atoms. The predicted octanol–water partition coefficient (Wildman–Crippen LogP) is 4.21. The Morgan fingerprint density at radius 1 is 1.22 bits per heavy atom. The third-order valence-corrected chi connectivity index (χ3v) is 6.51. The summed E-state index contributed by atoms with van der Waals surface area (Å²) in [4.78, 5) is 13.9. The number of thiophene rings is 1. The molecule has 1 aliphatic rings. The van der Waals surface area contributed by atoms with E-state index in [9.17, 15) is 4.79 Å². The third kappa shape index (κ3) is 5.08. The van der Waals surface area contributed by atoms with Crippen molar-refractivity contribution in [1.82, 2.24) is 16.2 Å². The number of carbonyl (C=O) groups is 1. The topological polar surface area (TPSA) is 53.2 Å². The molecule has 0 fully saturated rings. The van der Waals surface area contributed by atoms with Crippen LogP contribution in [0, 0.1) is 11.3 Å². The van der Waals surface area contributed by atoms with Gasteiger partial charge in [-0.25, -0.2) is 0 Å². The van der Waals surface area contributed by atoms with E-state index in [1.807, 2.05) is 35.7 Å². The van der Waals surface area contributed by atoms with Gasteiger partial charge >= 0.3 is 0 Å². The minimum Gasteiger partial charge on any atom is -0.357 e. The normalized spacial score (nSPS) is 16.3. The molecule has 0 unspecified atom stereocenters. The molecule has 3 rings (SSSR count). The summed E-state index contributed by atoms with van der Waals surface area (Å²) < 4.78 is 0. The van der Waals surface area contributed by atoms with Gasteiger partial charge in [0, 0.05) is 16.8 Å². The second-order valence-electron chi connectivity index (χ2n) is 8.10. The fourth-order valence-corrected chi connectivity index (χ4v) is 4.73. The van der Waals surface area contributed by atoms with Crippen LogP contribution >= 0.6 is 23.6 Å². The van der Waals surface area contributed by atoms with E-state index in [-0.39, 0.29) is 5.91 Å². The van der Waals surface area contributed by atoms with Crippen LogP contribution in [-0.2, 0) is 19.4 Å². The molecule has 1 amide bonds. The zero-order valence-corrected chi connectivity index (χ0v) is 17.7. The number of thiocarbonyl (C=S) groups is 1. The monoisotopic (exact) mass is 401 g/mol. The molecule has 0 radical (unpaired) electrons. The van der Waals surface area contributed by atoms with Crippen LogP contribution in [0.3, 0.4) is 0 Å². The number of rotatable bonds is 3. The van der Waals surface area contributed by atoms with Crippen molar-refractivity contribution >= 4 is 34.6 Å². The Labute approximate surface area is 170 Å². The van der Waals surface area contributed by atoms with E-state index >= 15 is 0 Å². The van der Waals surface area contributed by atoms with Gasteiger partial charge in [-0.2, -0.15) is 0 Å². The molecule has 0 aliphatic heterocycles. The minimum absolute atomic E-state index is 0.120. The average molecular weight is 402 g/mol. The van der Waals surface area contributed by atoms with E-state index in [2.05, 4.69) is 36.9 Å². The maximum atomic E-state index is 12.6. The summed E-state index contributed by atoms with van der Waals surface area (Å²) >= 11 is 6.95. The van der Waals surface area contributed by atoms with Gasteiger partial charge in [0.2, 0.25) is 0 Å². The number of amides is 1. The molecule has 4 nitrogen and oxygen atoms in total. The second-order valence-corrected chi connectivity index (χ2v) is 9.48. The molecular formula is C21H27N3OS2. The smallest absolute Gasteiger partial charge is 0.270 e. The van der Waals surface area contributed by atoms with E-state index in [1.54, 1.807) is 11.3 Å². The summed E-state index contributed by atoms with van der Waals surface area (Å²) in [5, 5.41) is 5.48. The molecule has 2 aromatic rings. The first-order valence-electron chi connectivity index (χ1n) is 9.32. The molecule has 1 aromatic carbocycles. The molecule has 1 heterocycles. The first kappa shape index (κ1) is 19.8. The first-order chi connectivity index (χ1) is 12.8. The molecule has 6 heteroatoms. The van der Waals surface area contributed by atoms with Crippen molar-refractivity contribution in [2.75, 3.05) is 0 Å². The lowest BCUT2D eigenvalue weighted by Crippen LogP contribution is -2.46. The van der Waals surface area contributed by atoms with E-state index in [1.165, 1.54) is 10.4 Å². The molecule has 1 aromatic heterocycles. The van der Waals surface area contributed by atoms with E-state index in [0.29, 0.717) is 23.0 Å². The Hall–Kier alpha value is -1.92. The van der Waals surface area contributed by atoms with Gasteiger partial charge in [0.1, 0.15) is 0 Å². The third-order valence-electron chi connectivity index (χ3n) is 5.21. The number of nitrogens with one attached hydrogen (secondary N) is 3. The summed E-state index contributed by atoms with van der Waals surface area (Å²) in [5.74, 6) is 0.554. The molecule has 3 N–H and O–H groups in total. The zero-order valence-electron chi connectivity index (χ0n) is 16.1. The SMILES string of the molecule is CC(C)(C)[C@H]1CCc2c(C(=O)NNC(=S)NCc3ccccc3)csc2C1. The van der Waals surface area contributed by atoms with Crippen molar-refractivity contribution in [3.63, 3.8) is 0 Å². The van der Waals surface area contributed by atoms with Crippen molar-refractivity contribution in [2.45, 2.75) is 46.6 Å². The molecule has 0 saturated heterocycles. The summed E-state index contributed by atoms with van der Waals surface area (Å²) in [7, 11) is 0. The van der Waals surface area contributed by atoms with Gasteiger partial charge in [0.25, 0.3) is 5.91 Å². The molecule has 0 bridgehead atoms. The summed E-state index contributed by atoms with van der Waals surface area (Å²) in [6, 6.07) is 10.00. The van der Waals surface area contributed by atoms with Gasteiger partial charge in [-0.05, 0) is 53.9 Å². The van der Waals surface area contributed by atoms with Gasteiger partial charge in [-0.1, -0.05) is 51.1 Å². The van der Waals surface area contributed by atoms with Crippen molar-refractivity contribution in [3.8, 4) is 0 Å².